The van der Waals surface area contributed by atoms with Gasteiger partial charge in [0.05, 0.1) is 11.8 Å². The van der Waals surface area contributed by atoms with E-state index in [1.54, 1.807) is 0 Å². The lowest BCUT2D eigenvalue weighted by molar-refractivity contribution is 2.16. The van der Waals surface area contributed by atoms with Gasteiger partial charge in [-0.2, -0.15) is 0 Å². The summed E-state index contributed by atoms with van der Waals surface area (Å²) in [6.07, 6.45) is 6.15. The molecule has 0 bridgehead atoms. The summed E-state index contributed by atoms with van der Waals surface area (Å²) in [4.78, 5) is 0. The van der Waals surface area contributed by atoms with Crippen LogP contribution in [-0.2, 0) is 0 Å². The van der Waals surface area contributed by atoms with Crippen molar-refractivity contribution in [3.8, 4) is 12.3 Å². The van der Waals surface area contributed by atoms with Crippen LogP contribution in [0.2, 0.25) is 0 Å². The molecule has 0 aromatic carbocycles. The highest BCUT2D eigenvalue weighted by Gasteiger charge is 1.49. The van der Waals surface area contributed by atoms with E-state index in [1.807, 2.05) is 0 Å². The van der Waals surface area contributed by atoms with Gasteiger partial charge in [0, 0.05) is 0 Å². The van der Waals surface area contributed by atoms with Crippen molar-refractivity contribution in [3.63, 3.8) is 0 Å². The van der Waals surface area contributed by atoms with E-state index in [-0.39, 0.29) is 0 Å². The lowest BCUT2D eigenvalue weighted by Crippen LogP contribution is -1.31. The van der Waals surface area contributed by atoms with Crippen LogP contribution < -0.4 is 0 Å². The third kappa shape index (κ3) is 4.55. The van der Waals surface area contributed by atoms with Crippen LogP contribution in [0.3, 0.4) is 0 Å². The molecule has 0 aromatic heterocycles. The summed E-state index contributed by atoms with van der Waals surface area (Å²) < 4.78 is 0. The Hall–Kier alpha value is -1.45. The summed E-state index contributed by atoms with van der Waals surface area (Å²) >= 11 is 0. The molecule has 0 aliphatic rings. The minimum atomic E-state index is 1.36. The molecule has 0 aromatic rings. The van der Waals surface area contributed by atoms with E-state index >= 15 is 0 Å². The molecule has 30 valence electrons. The first-order valence-electron chi connectivity index (χ1n) is 1.65. The zero-order valence-electron chi connectivity index (χ0n) is 3.73. The Balaban J connectivity index is 4.27. The maximum absolute atomic E-state index is 4.79. The Labute approximate surface area is 43.2 Å². The molecule has 0 nitrogen and oxygen atoms in total. The van der Waals surface area contributed by atoms with Crippen LogP contribution in [0.5, 0.6) is 0 Å². The second kappa shape index (κ2) is 4.55. The lowest BCUT2D eigenvalue weighted by atomic mass is 10.6. The smallest absolute Gasteiger partial charge is 0.115 e. The van der Waals surface area contributed by atoms with Gasteiger partial charge in [0.1, 0.15) is 6.58 Å². The Morgan fingerprint density at radius 2 is 2.29 bits per heavy atom. The molecule has 0 unspecified atom stereocenters. The highest BCUT2D eigenvalue weighted by atomic mass is 13.4. The molecule has 0 N–H and O–H groups in total. The van der Waals surface area contributed by atoms with E-state index < -0.39 is 0 Å². The van der Waals surface area contributed by atoms with Gasteiger partial charge in [-0.25, -0.2) is 0 Å². The topological polar surface area (TPSA) is 0 Å². The largest absolute Gasteiger partial charge is 0.222 e. The summed E-state index contributed by atoms with van der Waals surface area (Å²) in [6, 6.07) is 0. The number of hydrogen-bond donors (Lipinski definition) is 0. The molecule has 0 rings (SSSR count). The second-order valence-electron chi connectivity index (χ2n) is 0.725. The van der Waals surface area contributed by atoms with Crippen molar-refractivity contribution in [2.24, 2.45) is 0 Å². The van der Waals surface area contributed by atoms with Crippen molar-refractivity contribution >= 4 is 0 Å². The summed E-state index contributed by atoms with van der Waals surface area (Å²) in [5, 5.41) is 0. The summed E-state index contributed by atoms with van der Waals surface area (Å²) in [5.74, 6) is 2.21. The van der Waals surface area contributed by atoms with Gasteiger partial charge in [-0.15, -0.1) is 6.42 Å². The van der Waals surface area contributed by atoms with E-state index in [0.29, 0.717) is 0 Å². The normalized spacial score (nSPS) is 3.71. The van der Waals surface area contributed by atoms with Crippen molar-refractivity contribution in [3.05, 3.63) is 29.8 Å². The fraction of sp³-hybridized carbons (Fsp3) is 0. The van der Waals surface area contributed by atoms with Crippen LogP contribution in [0.4, 0.5) is 0 Å². The Morgan fingerprint density at radius 1 is 1.57 bits per heavy atom. The Kier molecular flexibility index (Phi) is 3.61. The molecule has 0 radical (unpaired) electrons. The van der Waals surface area contributed by atoms with E-state index in [2.05, 4.69) is 23.1 Å². The van der Waals surface area contributed by atoms with Gasteiger partial charge in [-0.3, -0.25) is 0 Å². The SMILES string of the molecule is C#CC=C=C=C=[CH+]. The molecular weight excluding hydrogens is 84.1 g/mol. The molecule has 0 aliphatic heterocycles. The molecule has 0 atom stereocenters. The average Bonchev–Trinajstić information content (AvgIpc) is 1.69. The first-order valence-corrected chi connectivity index (χ1v) is 1.65. The van der Waals surface area contributed by atoms with E-state index in [4.69, 9.17) is 13.0 Å². The molecule has 0 aliphatic carbocycles. The average molecular weight is 87.1 g/mol. The molecular formula is C7H3+. The second-order valence-corrected chi connectivity index (χ2v) is 0.725. The van der Waals surface area contributed by atoms with Crippen LogP contribution in [-0.4, -0.2) is 0 Å². The van der Waals surface area contributed by atoms with Crippen LogP contribution in [0.15, 0.2) is 23.3 Å². The first-order chi connectivity index (χ1) is 3.41. The molecule has 0 spiro atoms. The van der Waals surface area contributed by atoms with Gasteiger partial charge in [-0.1, -0.05) is 5.92 Å². The Bertz CT molecular complexity index is 185. The van der Waals surface area contributed by atoms with E-state index in [1.165, 1.54) is 6.08 Å². The molecule has 0 heteroatoms. The number of allylic oxidation sites excluding steroid dienone is 1. The number of terminal acetylenes is 1. The maximum Gasteiger partial charge on any atom is 0.222 e. The zero-order valence-corrected chi connectivity index (χ0v) is 3.73. The van der Waals surface area contributed by atoms with E-state index in [9.17, 15) is 0 Å². The van der Waals surface area contributed by atoms with Gasteiger partial charge in [0.2, 0.25) is 11.5 Å². The summed E-state index contributed by atoms with van der Waals surface area (Å²) in [7, 11) is 0. The third-order valence-electron chi connectivity index (χ3n) is 0.300. The first kappa shape index (κ1) is 5.55. The molecule has 0 fully saturated rings. The van der Waals surface area contributed by atoms with Gasteiger partial charge >= 0.3 is 0 Å². The van der Waals surface area contributed by atoms with Crippen molar-refractivity contribution in [2.45, 2.75) is 0 Å². The number of hydrogen-bond acceptors (Lipinski definition) is 0. The summed E-state index contributed by atoms with van der Waals surface area (Å²) in [5.41, 5.74) is 6.88. The lowest BCUT2D eigenvalue weighted by Gasteiger charge is -1.38. The van der Waals surface area contributed by atoms with Crippen LogP contribution in [0, 0.1) is 18.9 Å². The predicted molar refractivity (Wildman–Crippen MR) is 28.2 cm³/mol. The van der Waals surface area contributed by atoms with Crippen molar-refractivity contribution in [1.82, 2.24) is 0 Å². The van der Waals surface area contributed by atoms with Crippen LogP contribution >= 0.6 is 0 Å². The van der Waals surface area contributed by atoms with Gasteiger partial charge in [-0.05, 0) is 0 Å². The monoisotopic (exact) mass is 87.0 g/mol. The minimum Gasteiger partial charge on any atom is -0.115 e. The van der Waals surface area contributed by atoms with Gasteiger partial charge < -0.3 is 0 Å². The third-order valence-corrected chi connectivity index (χ3v) is 0.300. The standard InChI is InChI=1S/C7H3/c1-3-5-7-6-4-2/h1-2,5H/q+1. The van der Waals surface area contributed by atoms with Crippen molar-refractivity contribution < 1.29 is 0 Å². The highest BCUT2D eigenvalue weighted by Crippen LogP contribution is 1.53. The quantitative estimate of drug-likeness (QED) is 0.235. The number of rotatable bonds is 0. The fourth-order valence-electron chi connectivity index (χ4n) is 0.119. The van der Waals surface area contributed by atoms with E-state index in [0.717, 1.165) is 0 Å². The van der Waals surface area contributed by atoms with Gasteiger partial charge in [0.25, 0.3) is 0 Å². The van der Waals surface area contributed by atoms with Crippen LogP contribution in [0.25, 0.3) is 0 Å². The van der Waals surface area contributed by atoms with Gasteiger partial charge in [0.15, 0.2) is 0 Å². The molecule has 0 saturated carbocycles. The molecule has 0 heterocycles. The molecule has 0 saturated heterocycles. The molecule has 7 heavy (non-hydrogen) atoms. The predicted octanol–water partition coefficient (Wildman–Crippen LogP) is 1.07. The minimum absolute atomic E-state index is 1.36. The Morgan fingerprint density at radius 3 is 2.71 bits per heavy atom. The highest BCUT2D eigenvalue weighted by molar-refractivity contribution is 5.07. The summed E-state index contributed by atoms with van der Waals surface area (Å²) in [6.45, 7) is 4.76. The molecule has 0 amide bonds. The van der Waals surface area contributed by atoms with Crippen LogP contribution in [0.1, 0.15) is 0 Å². The fourth-order valence-corrected chi connectivity index (χ4v) is 0.119. The zero-order chi connectivity index (χ0) is 5.54. The maximum atomic E-state index is 4.79. The van der Waals surface area contributed by atoms with Crippen molar-refractivity contribution in [1.29, 1.82) is 0 Å². The van der Waals surface area contributed by atoms with Crippen molar-refractivity contribution in [2.75, 3.05) is 0 Å².